The lowest BCUT2D eigenvalue weighted by Gasteiger charge is -2.60. The fourth-order valence-electron chi connectivity index (χ4n) is 7.79. The first-order valence-electron chi connectivity index (χ1n) is 11.0. The summed E-state index contributed by atoms with van der Waals surface area (Å²) in [6, 6.07) is 0. The van der Waals surface area contributed by atoms with E-state index in [0.29, 0.717) is 29.5 Å². The molecule has 0 aromatic carbocycles. The molecule has 0 saturated heterocycles. The van der Waals surface area contributed by atoms with Crippen molar-refractivity contribution in [1.82, 2.24) is 0 Å². The summed E-state index contributed by atoms with van der Waals surface area (Å²) < 4.78 is 5.89. The summed E-state index contributed by atoms with van der Waals surface area (Å²) in [7, 11) is 0. The molecule has 146 valence electrons. The SMILES string of the molecule is CCC(=O)O[C@H]1CC[C@H]2[C@@H]3CC[C@H]4CC(=O)C(C)C[C@]4(C)[C@H]3CC[C@]12C. The second-order valence-corrected chi connectivity index (χ2v) is 10.4. The molecule has 3 heteroatoms. The average molecular weight is 361 g/mol. The van der Waals surface area contributed by atoms with Gasteiger partial charge in [0, 0.05) is 24.2 Å². The van der Waals surface area contributed by atoms with E-state index in [1.807, 2.05) is 6.92 Å². The third kappa shape index (κ3) is 2.59. The zero-order valence-corrected chi connectivity index (χ0v) is 17.1. The Balaban J connectivity index is 1.57. The zero-order valence-electron chi connectivity index (χ0n) is 17.1. The molecule has 1 unspecified atom stereocenters. The van der Waals surface area contributed by atoms with Crippen molar-refractivity contribution in [1.29, 1.82) is 0 Å². The maximum atomic E-state index is 12.3. The molecule has 0 N–H and O–H groups in total. The van der Waals surface area contributed by atoms with Crippen molar-refractivity contribution in [2.45, 2.75) is 91.6 Å². The molecule has 0 amide bonds. The van der Waals surface area contributed by atoms with Gasteiger partial charge in [0.15, 0.2) is 0 Å². The molecule has 4 aliphatic rings. The van der Waals surface area contributed by atoms with Crippen LogP contribution in [0.5, 0.6) is 0 Å². The lowest BCUT2D eigenvalue weighted by atomic mass is 9.44. The van der Waals surface area contributed by atoms with Crippen molar-refractivity contribution < 1.29 is 14.3 Å². The van der Waals surface area contributed by atoms with Gasteiger partial charge in [-0.2, -0.15) is 0 Å². The number of rotatable bonds is 2. The van der Waals surface area contributed by atoms with Gasteiger partial charge in [0.2, 0.25) is 0 Å². The molecule has 0 heterocycles. The van der Waals surface area contributed by atoms with E-state index in [2.05, 4.69) is 20.8 Å². The van der Waals surface area contributed by atoms with Crippen molar-refractivity contribution >= 4 is 11.8 Å². The smallest absolute Gasteiger partial charge is 0.305 e. The Morgan fingerprint density at radius 2 is 1.81 bits per heavy atom. The minimum absolute atomic E-state index is 0.0331. The summed E-state index contributed by atoms with van der Waals surface area (Å²) in [4.78, 5) is 24.2. The van der Waals surface area contributed by atoms with Crippen LogP contribution >= 0.6 is 0 Å². The summed E-state index contributed by atoms with van der Waals surface area (Å²) >= 11 is 0. The van der Waals surface area contributed by atoms with E-state index in [1.165, 1.54) is 32.1 Å². The molecular formula is C23H36O3. The minimum Gasteiger partial charge on any atom is -0.462 e. The lowest BCUT2D eigenvalue weighted by Crippen LogP contribution is -2.55. The predicted molar refractivity (Wildman–Crippen MR) is 101 cm³/mol. The van der Waals surface area contributed by atoms with Crippen molar-refractivity contribution in [2.75, 3.05) is 0 Å². The molecule has 3 nitrogen and oxygen atoms in total. The van der Waals surface area contributed by atoms with Crippen LogP contribution in [-0.2, 0) is 14.3 Å². The number of Topliss-reactive ketones (excluding diaryl/α,β-unsaturated/α-hetero) is 1. The van der Waals surface area contributed by atoms with Crippen LogP contribution < -0.4 is 0 Å². The van der Waals surface area contributed by atoms with Gasteiger partial charge in [-0.25, -0.2) is 0 Å². The van der Waals surface area contributed by atoms with Crippen LogP contribution in [0, 0.1) is 40.4 Å². The summed E-state index contributed by atoms with van der Waals surface area (Å²) in [5, 5.41) is 0. The number of esters is 1. The lowest BCUT2D eigenvalue weighted by molar-refractivity contribution is -0.165. The van der Waals surface area contributed by atoms with Gasteiger partial charge in [0.05, 0.1) is 0 Å². The number of hydrogen-bond donors (Lipinski definition) is 0. The van der Waals surface area contributed by atoms with E-state index in [9.17, 15) is 9.59 Å². The second-order valence-electron chi connectivity index (χ2n) is 10.4. The fraction of sp³-hybridized carbons (Fsp3) is 0.913. The van der Waals surface area contributed by atoms with E-state index in [0.717, 1.165) is 31.1 Å². The average Bonchev–Trinajstić information content (AvgIpc) is 2.93. The molecule has 0 radical (unpaired) electrons. The first kappa shape index (κ1) is 18.5. The van der Waals surface area contributed by atoms with Crippen LogP contribution in [0.15, 0.2) is 0 Å². The monoisotopic (exact) mass is 360 g/mol. The number of ether oxygens (including phenoxy) is 1. The normalized spacial score (nSPS) is 50.5. The highest BCUT2D eigenvalue weighted by molar-refractivity contribution is 5.82. The molecule has 4 saturated carbocycles. The highest BCUT2D eigenvalue weighted by Crippen LogP contribution is 2.66. The first-order chi connectivity index (χ1) is 12.3. The van der Waals surface area contributed by atoms with Crippen molar-refractivity contribution in [3.63, 3.8) is 0 Å². The predicted octanol–water partition coefficient (Wildman–Crippen LogP) is 5.17. The molecular weight excluding hydrogens is 324 g/mol. The van der Waals surface area contributed by atoms with Crippen molar-refractivity contribution in [3.8, 4) is 0 Å². The summed E-state index contributed by atoms with van der Waals surface area (Å²) in [6.07, 6.45) is 9.72. The van der Waals surface area contributed by atoms with Gasteiger partial charge in [0.1, 0.15) is 11.9 Å². The van der Waals surface area contributed by atoms with E-state index in [4.69, 9.17) is 4.74 Å². The molecule has 0 bridgehead atoms. The minimum atomic E-state index is -0.0331. The summed E-state index contributed by atoms with van der Waals surface area (Å²) in [6.45, 7) is 8.94. The van der Waals surface area contributed by atoms with Gasteiger partial charge in [-0.05, 0) is 74.0 Å². The Morgan fingerprint density at radius 1 is 1.08 bits per heavy atom. The largest absolute Gasteiger partial charge is 0.462 e. The van der Waals surface area contributed by atoms with E-state index in [1.54, 1.807) is 0 Å². The quantitative estimate of drug-likeness (QED) is 0.638. The number of hydrogen-bond acceptors (Lipinski definition) is 3. The van der Waals surface area contributed by atoms with Gasteiger partial charge in [-0.1, -0.05) is 27.7 Å². The maximum Gasteiger partial charge on any atom is 0.305 e. The van der Waals surface area contributed by atoms with Crippen LogP contribution in [0.3, 0.4) is 0 Å². The Labute approximate surface area is 158 Å². The van der Waals surface area contributed by atoms with Gasteiger partial charge in [-0.3, -0.25) is 9.59 Å². The second kappa shape index (κ2) is 6.34. The first-order valence-corrected chi connectivity index (χ1v) is 11.0. The number of ketones is 1. The van der Waals surface area contributed by atoms with Crippen molar-refractivity contribution in [2.24, 2.45) is 40.4 Å². The Bertz CT molecular complexity index is 598. The van der Waals surface area contributed by atoms with Crippen LogP contribution in [0.2, 0.25) is 0 Å². The number of fused-ring (bicyclic) bond motifs is 5. The molecule has 0 aromatic rings. The molecule has 26 heavy (non-hydrogen) atoms. The van der Waals surface area contributed by atoms with E-state index in [-0.39, 0.29) is 23.4 Å². The molecule has 0 spiro atoms. The van der Waals surface area contributed by atoms with Gasteiger partial charge >= 0.3 is 5.97 Å². The number of carbonyl (C=O) groups excluding carboxylic acids is 2. The van der Waals surface area contributed by atoms with Gasteiger partial charge in [0.25, 0.3) is 0 Å². The maximum absolute atomic E-state index is 12.3. The molecule has 4 fully saturated rings. The summed E-state index contributed by atoms with van der Waals surface area (Å²) in [5.74, 6) is 3.53. The molecule has 0 aromatic heterocycles. The summed E-state index contributed by atoms with van der Waals surface area (Å²) in [5.41, 5.74) is 0.515. The Kier molecular flexibility index (Phi) is 4.51. The van der Waals surface area contributed by atoms with Crippen molar-refractivity contribution in [3.05, 3.63) is 0 Å². The third-order valence-corrected chi connectivity index (χ3v) is 9.28. The van der Waals surface area contributed by atoms with E-state index >= 15 is 0 Å². The molecule has 0 aliphatic heterocycles. The molecule has 4 aliphatic carbocycles. The van der Waals surface area contributed by atoms with Gasteiger partial charge < -0.3 is 4.74 Å². The number of carbonyl (C=O) groups is 2. The standard InChI is InChI=1S/C23H36O3/c1-5-21(25)26-20-9-8-17-16-7-6-15-12-19(24)14(2)13-23(15,4)18(16)10-11-22(17,20)3/h14-18,20H,5-13H2,1-4H3/t14?,15-,16-,17-,18-,20-,22-,23-/m0/s1. The van der Waals surface area contributed by atoms with Gasteiger partial charge in [-0.15, -0.1) is 0 Å². The van der Waals surface area contributed by atoms with E-state index < -0.39 is 0 Å². The Hall–Kier alpha value is -0.860. The zero-order chi connectivity index (χ0) is 18.7. The Morgan fingerprint density at radius 3 is 2.54 bits per heavy atom. The van der Waals surface area contributed by atoms with Crippen LogP contribution in [0.1, 0.15) is 85.5 Å². The third-order valence-electron chi connectivity index (χ3n) is 9.28. The highest BCUT2D eigenvalue weighted by Gasteiger charge is 2.61. The van der Waals surface area contributed by atoms with Crippen LogP contribution in [0.25, 0.3) is 0 Å². The van der Waals surface area contributed by atoms with Crippen LogP contribution in [-0.4, -0.2) is 17.9 Å². The highest BCUT2D eigenvalue weighted by atomic mass is 16.5. The molecule has 8 atom stereocenters. The molecule has 4 rings (SSSR count). The topological polar surface area (TPSA) is 43.4 Å². The fourth-order valence-corrected chi connectivity index (χ4v) is 7.79. The van der Waals surface area contributed by atoms with Crippen LogP contribution in [0.4, 0.5) is 0 Å².